The first-order valence-corrected chi connectivity index (χ1v) is 34.3. The van der Waals surface area contributed by atoms with Crippen molar-refractivity contribution in [3.05, 3.63) is 32.6 Å². The first kappa shape index (κ1) is 85.7. The van der Waals surface area contributed by atoms with Gasteiger partial charge in [-0.25, -0.2) is 9.59 Å². The number of amides is 10. The average molecular weight is 1380 g/mol. The minimum Gasteiger partial charge on any atom is -0.480 e. The maximum atomic E-state index is 14.2. The SMILES string of the molecule is CNCCO[C@H]1C[C@H](n2cc(C)c(=O)[nH]c2=O)O[C@@H]1C(=O)NCCCC[C@@H](NC(=O)[C@@H](C)NC(=O)[C@@H](CCCCN)NC(=O)[C@@H](C)NC(=O)[C@@H](CC(C)C)NC(=O)[C@@H](CCCCN)NC(=O)[C@@H](C)NC(=O)[C@@H](CC(C)C)NC(=O)[C@@H](CCCCN)NC(=O)CCCCCN)C(=O)O. The van der Waals surface area contributed by atoms with Crippen LogP contribution in [-0.2, 0) is 62.2 Å². The van der Waals surface area contributed by atoms with Crippen LogP contribution in [-0.4, -0.2) is 199 Å². The predicted molar refractivity (Wildman–Crippen MR) is 362 cm³/mol. The second-order valence-corrected chi connectivity index (χ2v) is 25.7. The van der Waals surface area contributed by atoms with Gasteiger partial charge in [0.2, 0.25) is 53.2 Å². The molecule has 0 aliphatic carbocycles. The maximum Gasteiger partial charge on any atom is 0.330 e. The van der Waals surface area contributed by atoms with E-state index in [0.29, 0.717) is 64.6 Å². The number of aryl methyl sites for hydroxylation is 1. The molecule has 2 rings (SSSR count). The molecule has 0 bridgehead atoms. The number of unbranched alkanes of at least 4 members (excludes halogenated alkanes) is 6. The average Bonchev–Trinajstić information content (AvgIpc) is 1.68. The van der Waals surface area contributed by atoms with Gasteiger partial charge in [-0.1, -0.05) is 34.1 Å². The first-order valence-electron chi connectivity index (χ1n) is 34.3. The van der Waals surface area contributed by atoms with Gasteiger partial charge in [-0.05, 0) is 175 Å². The Morgan fingerprint density at radius 1 is 0.536 bits per heavy atom. The van der Waals surface area contributed by atoms with E-state index in [0.717, 1.165) is 12.8 Å². The third-order valence-corrected chi connectivity index (χ3v) is 16.1. The van der Waals surface area contributed by atoms with E-state index in [4.69, 9.17) is 32.4 Å². The largest absolute Gasteiger partial charge is 0.480 e. The number of aromatic amines is 1. The van der Waals surface area contributed by atoms with Crippen LogP contribution >= 0.6 is 0 Å². The quantitative estimate of drug-likeness (QED) is 0.0301. The number of carboxylic acid groups (broad SMARTS) is 1. The molecule has 1 aromatic heterocycles. The van der Waals surface area contributed by atoms with Gasteiger partial charge in [-0.2, -0.15) is 0 Å². The number of hydrogen-bond acceptors (Lipinski definition) is 20. The van der Waals surface area contributed by atoms with E-state index in [1.54, 1.807) is 20.9 Å². The Hall–Kier alpha value is -7.43. The normalized spacial score (nSPS) is 17.2. The summed E-state index contributed by atoms with van der Waals surface area (Å²) in [6, 6.07) is -11.0. The standard InChI is InChI=1S/C64H115N17O16/c1-37(2)33-47(78-58(88)43(21-12-17-27-66)74-50(82)25-11-10-16-26-65)60(90)73-41(7)55(85)76-45(23-14-19-29-68)59(89)79-48(34-38(3)4)61(91)72-40(6)54(84)75-44(22-13-18-28-67)57(87)71-42(8)56(86)77-46(63(93)94)24-15-20-30-70-62(92)52-49(96-32-31-69-9)35-51(97-52)81-36-39(5)53(83)80-64(81)95/h36-38,40-49,51-52,69H,10-35,65-68H2,1-9H3,(H,70,92)(H,71,87)(H,72,91)(H,73,90)(H,74,82)(H,75,84)(H,76,85)(H,77,86)(H,78,88)(H,79,89)(H,93,94)(H,80,83,95)/t40-,41-,42-,43-,44-,45-,46-,47-,48-,49+,51-,52+/m1/s1. The monoisotopic (exact) mass is 1380 g/mol. The summed E-state index contributed by atoms with van der Waals surface area (Å²) >= 11 is 0. The van der Waals surface area contributed by atoms with Crippen LogP contribution in [0.25, 0.3) is 0 Å². The molecule has 1 fully saturated rings. The number of nitrogens with one attached hydrogen (secondary N) is 12. The van der Waals surface area contributed by atoms with E-state index in [-0.39, 0.29) is 114 Å². The topological polar surface area (TPSA) is 518 Å². The molecule has 1 saturated heterocycles. The van der Waals surface area contributed by atoms with Crippen LogP contribution in [0.1, 0.15) is 182 Å². The molecular weight excluding hydrogens is 1260 g/mol. The van der Waals surface area contributed by atoms with Gasteiger partial charge in [0.05, 0.1) is 12.7 Å². The van der Waals surface area contributed by atoms with Gasteiger partial charge in [0.15, 0.2) is 6.10 Å². The number of nitrogens with zero attached hydrogens (tertiary/aromatic N) is 1. The summed E-state index contributed by atoms with van der Waals surface area (Å²) in [5.74, 6) is -8.44. The maximum absolute atomic E-state index is 14.2. The van der Waals surface area contributed by atoms with Crippen molar-refractivity contribution in [1.82, 2.24) is 68.0 Å². The smallest absolute Gasteiger partial charge is 0.330 e. The lowest BCUT2D eigenvalue weighted by atomic mass is 10.0. The summed E-state index contributed by atoms with van der Waals surface area (Å²) in [5, 5.41) is 39.6. The van der Waals surface area contributed by atoms with Crippen molar-refractivity contribution in [2.24, 2.45) is 34.8 Å². The third-order valence-electron chi connectivity index (χ3n) is 16.1. The van der Waals surface area contributed by atoms with Crippen molar-refractivity contribution in [2.45, 2.75) is 250 Å². The second kappa shape index (κ2) is 46.7. The Morgan fingerprint density at radius 2 is 0.938 bits per heavy atom. The van der Waals surface area contributed by atoms with Crippen LogP contribution in [0.15, 0.2) is 15.8 Å². The third kappa shape index (κ3) is 32.7. The number of rotatable bonds is 50. The molecule has 10 amide bonds. The number of carbonyl (C=O) groups excluding carboxylic acids is 10. The molecular formula is C64H115N17O16. The first-order chi connectivity index (χ1) is 46.0. The van der Waals surface area contributed by atoms with Gasteiger partial charge in [-0.3, -0.25) is 62.3 Å². The fraction of sp³-hybridized carbons (Fsp3) is 0.766. The molecule has 33 heteroatoms. The Labute approximate surface area is 569 Å². The van der Waals surface area contributed by atoms with Gasteiger partial charge in [0.25, 0.3) is 11.5 Å². The summed E-state index contributed by atoms with van der Waals surface area (Å²) in [6.07, 6.45) is 4.94. The molecule has 33 nitrogen and oxygen atoms in total. The van der Waals surface area contributed by atoms with Crippen LogP contribution in [0, 0.1) is 18.8 Å². The molecule has 21 N–H and O–H groups in total. The van der Waals surface area contributed by atoms with E-state index in [2.05, 4.69) is 63.5 Å². The molecule has 0 saturated carbocycles. The lowest BCUT2D eigenvalue weighted by Crippen LogP contribution is -2.60. The van der Waals surface area contributed by atoms with Crippen LogP contribution in [0.5, 0.6) is 0 Å². The highest BCUT2D eigenvalue weighted by atomic mass is 16.6. The number of ether oxygens (including phenoxy) is 2. The number of hydrogen-bond donors (Lipinski definition) is 17. The molecule has 0 unspecified atom stereocenters. The summed E-state index contributed by atoms with van der Waals surface area (Å²) in [4.78, 5) is 176. The number of aliphatic carboxylic acids is 1. The Bertz CT molecular complexity index is 2790. The summed E-state index contributed by atoms with van der Waals surface area (Å²) in [5.41, 5.74) is 21.8. The Balaban J connectivity index is 2.12. The number of carboxylic acids is 1. The number of likely N-dealkylation sites (N-methyl/N-ethyl adjacent to an activating group) is 1. The van der Waals surface area contributed by atoms with E-state index >= 15 is 0 Å². The van der Waals surface area contributed by atoms with E-state index in [1.165, 1.54) is 38.5 Å². The molecule has 1 aromatic rings. The second-order valence-electron chi connectivity index (χ2n) is 25.7. The van der Waals surface area contributed by atoms with Gasteiger partial charge in [-0.15, -0.1) is 0 Å². The molecule has 12 atom stereocenters. The number of H-pyrrole nitrogens is 1. The van der Waals surface area contributed by atoms with Crippen LogP contribution in [0.2, 0.25) is 0 Å². The molecule has 0 radical (unpaired) electrons. The molecule has 1 aliphatic rings. The van der Waals surface area contributed by atoms with Crippen molar-refractivity contribution in [3.8, 4) is 0 Å². The zero-order valence-corrected chi connectivity index (χ0v) is 58.4. The van der Waals surface area contributed by atoms with E-state index < -0.39 is 143 Å². The van der Waals surface area contributed by atoms with Crippen LogP contribution in [0.4, 0.5) is 0 Å². The summed E-state index contributed by atoms with van der Waals surface area (Å²) in [7, 11) is 1.73. The predicted octanol–water partition coefficient (Wildman–Crippen LogP) is -2.47. The van der Waals surface area contributed by atoms with Crippen molar-refractivity contribution in [1.29, 1.82) is 0 Å². The highest BCUT2D eigenvalue weighted by molar-refractivity contribution is 5.98. The minimum atomic E-state index is -1.40. The number of carbonyl (C=O) groups is 11. The molecule has 0 aromatic carbocycles. The van der Waals surface area contributed by atoms with Crippen LogP contribution < -0.4 is 92.7 Å². The van der Waals surface area contributed by atoms with Gasteiger partial charge >= 0.3 is 11.7 Å². The fourth-order valence-electron chi connectivity index (χ4n) is 10.5. The lowest BCUT2D eigenvalue weighted by molar-refractivity contribution is -0.142. The number of aromatic nitrogens is 2. The molecule has 2 heterocycles. The van der Waals surface area contributed by atoms with Crippen molar-refractivity contribution < 1.29 is 67.3 Å². The molecule has 0 spiro atoms. The van der Waals surface area contributed by atoms with Gasteiger partial charge in [0.1, 0.15) is 60.6 Å². The highest BCUT2D eigenvalue weighted by Gasteiger charge is 2.42. The van der Waals surface area contributed by atoms with E-state index in [1.807, 2.05) is 13.8 Å². The number of nitrogens with two attached hydrogens (primary N) is 4. The Kier molecular flexibility index (Phi) is 41.3. The van der Waals surface area contributed by atoms with E-state index in [9.17, 15) is 67.4 Å². The molecule has 97 heavy (non-hydrogen) atoms. The Morgan fingerprint density at radius 3 is 1.38 bits per heavy atom. The van der Waals surface area contributed by atoms with Crippen molar-refractivity contribution in [3.63, 3.8) is 0 Å². The van der Waals surface area contributed by atoms with Crippen molar-refractivity contribution >= 4 is 65.0 Å². The fourth-order valence-corrected chi connectivity index (χ4v) is 10.5. The summed E-state index contributed by atoms with van der Waals surface area (Å²) in [6.45, 7) is 15.1. The molecule has 1 aliphatic heterocycles. The zero-order valence-electron chi connectivity index (χ0n) is 58.4. The van der Waals surface area contributed by atoms with Gasteiger partial charge < -0.3 is 96.0 Å². The minimum absolute atomic E-state index is 0.0547. The lowest BCUT2D eigenvalue weighted by Gasteiger charge is -2.27. The summed E-state index contributed by atoms with van der Waals surface area (Å²) < 4.78 is 13.1. The van der Waals surface area contributed by atoms with Crippen molar-refractivity contribution in [2.75, 3.05) is 52.9 Å². The highest BCUT2D eigenvalue weighted by Crippen LogP contribution is 2.30. The van der Waals surface area contributed by atoms with Crippen LogP contribution in [0.3, 0.4) is 0 Å². The molecule has 552 valence electrons. The zero-order chi connectivity index (χ0) is 72.7. The van der Waals surface area contributed by atoms with Gasteiger partial charge in [0, 0.05) is 37.7 Å².